The van der Waals surface area contributed by atoms with Crippen LogP contribution in [0.5, 0.6) is 0 Å². The summed E-state index contributed by atoms with van der Waals surface area (Å²) in [5.74, 6) is 0.934. The van der Waals surface area contributed by atoms with Gasteiger partial charge in [-0.05, 0) is 26.3 Å². The molecule has 1 rings (SSSR count). The summed E-state index contributed by atoms with van der Waals surface area (Å²) in [6, 6.07) is 6.45. The molecule has 1 atom stereocenters. The monoisotopic (exact) mass is 252 g/mol. The molecule has 94 valence electrons. The highest BCUT2D eigenvalue weighted by Crippen LogP contribution is 2.18. The molecule has 0 saturated carbocycles. The smallest absolute Gasteiger partial charge is 0.238 e. The second-order valence-corrected chi connectivity index (χ2v) is 5.76. The third-order valence-corrected chi connectivity index (χ3v) is 3.86. The summed E-state index contributed by atoms with van der Waals surface area (Å²) < 4.78 is 0. The van der Waals surface area contributed by atoms with Crippen molar-refractivity contribution in [1.29, 1.82) is 0 Å². The molecular formula is C13H20N2OS. The van der Waals surface area contributed by atoms with Crippen molar-refractivity contribution < 1.29 is 4.79 Å². The van der Waals surface area contributed by atoms with Gasteiger partial charge in [0.2, 0.25) is 5.91 Å². The van der Waals surface area contributed by atoms with E-state index in [-0.39, 0.29) is 0 Å². The topological polar surface area (TPSA) is 69.1 Å². The maximum atomic E-state index is 11.1. The minimum absolute atomic E-state index is 0.453. The molecule has 0 saturated heterocycles. The lowest BCUT2D eigenvalue weighted by molar-refractivity contribution is -0.121. The number of nitrogens with two attached hydrogens (primary N) is 2. The number of primary amides is 1. The van der Waals surface area contributed by atoms with Crippen LogP contribution in [-0.4, -0.2) is 17.2 Å². The zero-order valence-corrected chi connectivity index (χ0v) is 11.4. The molecule has 1 aromatic carbocycles. The standard InChI is InChI=1S/C13H20N2OS/c1-9-4-10(2)6-11(5-9)7-17-8-13(3,15)12(14)16/h4-6H,7-8,15H2,1-3H3,(H2,14,16). The molecule has 0 aliphatic rings. The first-order chi connectivity index (χ1) is 7.81. The van der Waals surface area contributed by atoms with E-state index in [1.807, 2.05) is 0 Å². The van der Waals surface area contributed by atoms with Gasteiger partial charge in [-0.15, -0.1) is 0 Å². The van der Waals surface area contributed by atoms with E-state index in [0.717, 1.165) is 5.75 Å². The predicted octanol–water partition coefficient (Wildman–Crippen LogP) is 1.74. The highest BCUT2D eigenvalue weighted by atomic mass is 32.2. The van der Waals surface area contributed by atoms with Crippen molar-refractivity contribution in [2.45, 2.75) is 32.1 Å². The van der Waals surface area contributed by atoms with Crippen molar-refractivity contribution in [2.24, 2.45) is 11.5 Å². The quantitative estimate of drug-likeness (QED) is 0.838. The molecule has 0 aliphatic heterocycles. The molecule has 1 amide bonds. The number of carbonyl (C=O) groups is 1. The van der Waals surface area contributed by atoms with Crippen molar-refractivity contribution in [3.05, 3.63) is 34.9 Å². The second kappa shape index (κ2) is 5.56. The molecule has 3 nitrogen and oxygen atoms in total. The van der Waals surface area contributed by atoms with Crippen molar-refractivity contribution in [2.75, 3.05) is 5.75 Å². The molecule has 1 aromatic rings. The van der Waals surface area contributed by atoms with Crippen molar-refractivity contribution in [3.8, 4) is 0 Å². The maximum absolute atomic E-state index is 11.1. The predicted molar refractivity (Wildman–Crippen MR) is 73.9 cm³/mol. The Morgan fingerprint density at radius 3 is 2.29 bits per heavy atom. The Morgan fingerprint density at radius 2 is 1.82 bits per heavy atom. The number of rotatable bonds is 5. The number of carbonyl (C=O) groups excluding carboxylic acids is 1. The summed E-state index contributed by atoms with van der Waals surface area (Å²) in [4.78, 5) is 11.1. The number of hydrogen-bond acceptors (Lipinski definition) is 3. The summed E-state index contributed by atoms with van der Waals surface area (Å²) in [5, 5.41) is 0. The fourth-order valence-electron chi connectivity index (χ4n) is 1.60. The molecule has 0 bridgehead atoms. The van der Waals surface area contributed by atoms with Gasteiger partial charge in [0, 0.05) is 11.5 Å². The molecule has 4 N–H and O–H groups in total. The fourth-order valence-corrected chi connectivity index (χ4v) is 2.68. The van der Waals surface area contributed by atoms with Crippen LogP contribution in [0.2, 0.25) is 0 Å². The highest BCUT2D eigenvalue weighted by molar-refractivity contribution is 7.98. The van der Waals surface area contributed by atoms with E-state index < -0.39 is 11.4 Å². The van der Waals surface area contributed by atoms with Crippen molar-refractivity contribution in [1.82, 2.24) is 0 Å². The molecule has 0 aromatic heterocycles. The van der Waals surface area contributed by atoms with Gasteiger partial charge in [-0.25, -0.2) is 0 Å². The van der Waals surface area contributed by atoms with Crippen LogP contribution >= 0.6 is 11.8 Å². The average Bonchev–Trinajstić information content (AvgIpc) is 2.15. The summed E-state index contributed by atoms with van der Waals surface area (Å²) in [6.45, 7) is 5.83. The Bertz CT molecular complexity index is 396. The highest BCUT2D eigenvalue weighted by Gasteiger charge is 2.25. The SMILES string of the molecule is Cc1cc(C)cc(CSCC(C)(N)C(N)=O)c1. The Labute approximate surface area is 107 Å². The molecule has 0 heterocycles. The van der Waals surface area contributed by atoms with Crippen LogP contribution in [0.4, 0.5) is 0 Å². The zero-order valence-electron chi connectivity index (χ0n) is 10.6. The van der Waals surface area contributed by atoms with Crippen LogP contribution in [-0.2, 0) is 10.5 Å². The van der Waals surface area contributed by atoms with Crippen LogP contribution in [0, 0.1) is 13.8 Å². The van der Waals surface area contributed by atoms with Gasteiger partial charge in [0.15, 0.2) is 0 Å². The molecule has 0 radical (unpaired) electrons. The van der Waals surface area contributed by atoms with E-state index in [0.29, 0.717) is 5.75 Å². The van der Waals surface area contributed by atoms with Crippen LogP contribution in [0.3, 0.4) is 0 Å². The van der Waals surface area contributed by atoms with E-state index in [4.69, 9.17) is 11.5 Å². The Balaban J connectivity index is 2.54. The number of thioether (sulfide) groups is 1. The largest absolute Gasteiger partial charge is 0.368 e. The summed E-state index contributed by atoms with van der Waals surface area (Å²) in [7, 11) is 0. The summed E-state index contributed by atoms with van der Waals surface area (Å²) in [6.07, 6.45) is 0. The number of aryl methyl sites for hydroxylation is 2. The molecule has 0 spiro atoms. The molecule has 0 aliphatic carbocycles. The van der Waals surface area contributed by atoms with Crippen LogP contribution in [0.1, 0.15) is 23.6 Å². The van der Waals surface area contributed by atoms with E-state index in [1.165, 1.54) is 16.7 Å². The maximum Gasteiger partial charge on any atom is 0.238 e. The van der Waals surface area contributed by atoms with Gasteiger partial charge in [-0.1, -0.05) is 29.3 Å². The van der Waals surface area contributed by atoms with Crippen LogP contribution < -0.4 is 11.5 Å². The first kappa shape index (κ1) is 14.1. The minimum atomic E-state index is -0.927. The first-order valence-corrected chi connectivity index (χ1v) is 6.70. The lowest BCUT2D eigenvalue weighted by Crippen LogP contribution is -2.51. The molecular weight excluding hydrogens is 232 g/mol. The van der Waals surface area contributed by atoms with E-state index in [9.17, 15) is 4.79 Å². The van der Waals surface area contributed by atoms with Gasteiger partial charge in [0.1, 0.15) is 5.54 Å². The molecule has 0 fully saturated rings. The number of amides is 1. The molecule has 4 heteroatoms. The van der Waals surface area contributed by atoms with Crippen molar-refractivity contribution in [3.63, 3.8) is 0 Å². The van der Waals surface area contributed by atoms with Gasteiger partial charge in [-0.3, -0.25) is 4.79 Å². The fraction of sp³-hybridized carbons (Fsp3) is 0.462. The summed E-state index contributed by atoms with van der Waals surface area (Å²) in [5.41, 5.74) is 13.9. The number of hydrogen-bond donors (Lipinski definition) is 2. The third kappa shape index (κ3) is 4.40. The molecule has 1 unspecified atom stereocenters. The zero-order chi connectivity index (χ0) is 13.1. The Kier molecular flexibility index (Phi) is 4.60. The van der Waals surface area contributed by atoms with Crippen molar-refractivity contribution >= 4 is 17.7 Å². The van der Waals surface area contributed by atoms with Crippen LogP contribution in [0.15, 0.2) is 18.2 Å². The van der Waals surface area contributed by atoms with Gasteiger partial charge < -0.3 is 11.5 Å². The van der Waals surface area contributed by atoms with Gasteiger partial charge in [-0.2, -0.15) is 11.8 Å². The average molecular weight is 252 g/mol. The summed E-state index contributed by atoms with van der Waals surface area (Å²) >= 11 is 1.63. The second-order valence-electron chi connectivity index (χ2n) is 4.77. The Hall–Kier alpha value is -1.00. The molecule has 17 heavy (non-hydrogen) atoms. The normalized spacial score (nSPS) is 14.4. The lowest BCUT2D eigenvalue weighted by Gasteiger charge is -2.19. The van der Waals surface area contributed by atoms with E-state index in [2.05, 4.69) is 32.0 Å². The van der Waals surface area contributed by atoms with Gasteiger partial charge in [0.05, 0.1) is 0 Å². The van der Waals surface area contributed by atoms with Gasteiger partial charge >= 0.3 is 0 Å². The van der Waals surface area contributed by atoms with E-state index in [1.54, 1.807) is 18.7 Å². The number of benzene rings is 1. The van der Waals surface area contributed by atoms with Gasteiger partial charge in [0.25, 0.3) is 0 Å². The van der Waals surface area contributed by atoms with Crippen LogP contribution in [0.25, 0.3) is 0 Å². The minimum Gasteiger partial charge on any atom is -0.368 e. The third-order valence-electron chi connectivity index (χ3n) is 2.51. The van der Waals surface area contributed by atoms with E-state index >= 15 is 0 Å². The lowest BCUT2D eigenvalue weighted by atomic mass is 10.1. The first-order valence-electron chi connectivity index (χ1n) is 5.55. The Morgan fingerprint density at radius 1 is 1.29 bits per heavy atom.